The monoisotopic (exact) mass is 305 g/mol. The van der Waals surface area contributed by atoms with Crippen molar-refractivity contribution in [3.05, 3.63) is 47.5 Å². The van der Waals surface area contributed by atoms with Crippen molar-refractivity contribution < 1.29 is 0 Å². The number of hydrogen-bond donors (Lipinski definition) is 0. The number of rotatable bonds is 5. The molecule has 1 nitrogen and oxygen atoms in total. The Labute approximate surface area is 140 Å². The molecule has 3 rings (SSSR count). The molecule has 0 spiro atoms. The standard InChI is InChI=1S/C22H27N/c1-2-3-4-5-17-6-9-19(10-7-17)21-13-12-20-14-18(16-23)8-11-22(20)15-21/h8,11-15,17,19H,2-7,9-10H2,1H3/t17-,19-. The molecule has 1 aliphatic carbocycles. The smallest absolute Gasteiger partial charge is 0.0991 e. The van der Waals surface area contributed by atoms with Gasteiger partial charge in [0.1, 0.15) is 0 Å². The molecule has 0 heterocycles. The van der Waals surface area contributed by atoms with Crippen LogP contribution in [-0.4, -0.2) is 0 Å². The number of benzene rings is 2. The molecule has 0 atom stereocenters. The minimum atomic E-state index is 0.734. The Bertz CT molecular complexity index is 687. The molecule has 0 unspecified atom stereocenters. The number of unbranched alkanes of at least 4 members (excludes halogenated alkanes) is 2. The van der Waals surface area contributed by atoms with Crippen molar-refractivity contribution in [3.8, 4) is 6.07 Å². The molecule has 0 aromatic heterocycles. The van der Waals surface area contributed by atoms with Gasteiger partial charge in [0.05, 0.1) is 11.6 Å². The van der Waals surface area contributed by atoms with E-state index in [1.54, 1.807) is 0 Å². The Morgan fingerprint density at radius 1 is 0.957 bits per heavy atom. The highest BCUT2D eigenvalue weighted by Crippen LogP contribution is 2.38. The van der Waals surface area contributed by atoms with Crippen LogP contribution in [0.5, 0.6) is 0 Å². The molecule has 0 saturated heterocycles. The third kappa shape index (κ3) is 3.94. The highest BCUT2D eigenvalue weighted by atomic mass is 14.3. The van der Waals surface area contributed by atoms with Crippen LogP contribution < -0.4 is 0 Å². The largest absolute Gasteiger partial charge is 0.192 e. The van der Waals surface area contributed by atoms with Crippen molar-refractivity contribution >= 4 is 10.8 Å². The van der Waals surface area contributed by atoms with Crippen molar-refractivity contribution in [1.82, 2.24) is 0 Å². The second-order valence-electron chi connectivity index (χ2n) is 7.15. The number of nitriles is 1. The predicted octanol–water partition coefficient (Wildman–Crippen LogP) is 6.57. The summed E-state index contributed by atoms with van der Waals surface area (Å²) in [6, 6.07) is 15.1. The van der Waals surface area contributed by atoms with Crippen LogP contribution in [0.25, 0.3) is 10.8 Å². The summed E-state index contributed by atoms with van der Waals surface area (Å²) in [5.74, 6) is 1.70. The topological polar surface area (TPSA) is 23.8 Å². The number of nitrogens with zero attached hydrogens (tertiary/aromatic N) is 1. The zero-order chi connectivity index (χ0) is 16.1. The molecular weight excluding hydrogens is 278 g/mol. The fourth-order valence-corrected chi connectivity index (χ4v) is 4.06. The summed E-state index contributed by atoms with van der Waals surface area (Å²) < 4.78 is 0. The van der Waals surface area contributed by atoms with Crippen LogP contribution in [0.2, 0.25) is 0 Å². The van der Waals surface area contributed by atoms with Crippen LogP contribution in [0.1, 0.15) is 75.3 Å². The summed E-state index contributed by atoms with van der Waals surface area (Å²) >= 11 is 0. The average Bonchev–Trinajstić information content (AvgIpc) is 2.61. The van der Waals surface area contributed by atoms with Crippen LogP contribution in [0.4, 0.5) is 0 Å². The van der Waals surface area contributed by atoms with E-state index >= 15 is 0 Å². The van der Waals surface area contributed by atoms with Gasteiger partial charge in [0, 0.05) is 0 Å². The highest BCUT2D eigenvalue weighted by Gasteiger charge is 2.22. The number of fused-ring (bicyclic) bond motifs is 1. The van der Waals surface area contributed by atoms with Crippen molar-refractivity contribution in [3.63, 3.8) is 0 Å². The second kappa shape index (κ2) is 7.64. The van der Waals surface area contributed by atoms with Gasteiger partial charge in [-0.3, -0.25) is 0 Å². The molecule has 23 heavy (non-hydrogen) atoms. The first-order valence-electron chi connectivity index (χ1n) is 9.24. The molecular formula is C22H27N. The fourth-order valence-electron chi connectivity index (χ4n) is 4.06. The van der Waals surface area contributed by atoms with E-state index in [0.29, 0.717) is 0 Å². The van der Waals surface area contributed by atoms with E-state index in [9.17, 15) is 0 Å². The molecule has 1 saturated carbocycles. The lowest BCUT2D eigenvalue weighted by Crippen LogP contribution is -2.13. The first-order valence-corrected chi connectivity index (χ1v) is 9.24. The molecule has 0 N–H and O–H groups in total. The molecule has 2 aromatic rings. The summed E-state index contributed by atoms with van der Waals surface area (Å²) in [5, 5.41) is 11.5. The fraction of sp³-hybridized carbons (Fsp3) is 0.500. The lowest BCUT2D eigenvalue weighted by atomic mass is 9.77. The molecule has 1 heteroatoms. The molecule has 0 aliphatic heterocycles. The van der Waals surface area contributed by atoms with Crippen LogP contribution in [0.3, 0.4) is 0 Å². The predicted molar refractivity (Wildman–Crippen MR) is 97.5 cm³/mol. The zero-order valence-corrected chi connectivity index (χ0v) is 14.2. The van der Waals surface area contributed by atoms with Gasteiger partial charge in [-0.25, -0.2) is 0 Å². The zero-order valence-electron chi connectivity index (χ0n) is 14.2. The SMILES string of the molecule is CCCCC[C@H]1CC[C@H](c2ccc3cc(C#N)ccc3c2)CC1. The normalized spacial score (nSPS) is 21.2. The van der Waals surface area contributed by atoms with Crippen molar-refractivity contribution in [2.75, 3.05) is 0 Å². The lowest BCUT2D eigenvalue weighted by Gasteiger charge is -2.29. The summed E-state index contributed by atoms with van der Waals surface area (Å²) in [4.78, 5) is 0. The molecule has 1 fully saturated rings. The molecule has 1 aliphatic rings. The molecule has 2 aromatic carbocycles. The Morgan fingerprint density at radius 2 is 1.70 bits per heavy atom. The van der Waals surface area contributed by atoms with Gasteiger partial charge in [-0.05, 0) is 66.0 Å². The summed E-state index contributed by atoms with van der Waals surface area (Å²) in [7, 11) is 0. The molecule has 0 amide bonds. The van der Waals surface area contributed by atoms with E-state index in [1.165, 1.54) is 67.7 Å². The van der Waals surface area contributed by atoms with Crippen molar-refractivity contribution in [2.24, 2.45) is 5.92 Å². The lowest BCUT2D eigenvalue weighted by molar-refractivity contribution is 0.303. The van der Waals surface area contributed by atoms with E-state index in [2.05, 4.69) is 37.3 Å². The second-order valence-corrected chi connectivity index (χ2v) is 7.15. The van der Waals surface area contributed by atoms with Crippen LogP contribution in [0, 0.1) is 17.2 Å². The van der Waals surface area contributed by atoms with E-state index in [-0.39, 0.29) is 0 Å². The highest BCUT2D eigenvalue weighted by molar-refractivity contribution is 5.84. The van der Waals surface area contributed by atoms with Crippen LogP contribution in [-0.2, 0) is 0 Å². The van der Waals surface area contributed by atoms with Gasteiger partial charge in [0.15, 0.2) is 0 Å². The maximum atomic E-state index is 9.01. The number of hydrogen-bond acceptors (Lipinski definition) is 1. The van der Waals surface area contributed by atoms with E-state index < -0.39 is 0 Å². The van der Waals surface area contributed by atoms with Gasteiger partial charge in [0.25, 0.3) is 0 Å². The van der Waals surface area contributed by atoms with Crippen LogP contribution >= 0.6 is 0 Å². The Morgan fingerprint density at radius 3 is 2.43 bits per heavy atom. The van der Waals surface area contributed by atoms with Gasteiger partial charge in [-0.1, -0.05) is 56.9 Å². The summed E-state index contributed by atoms with van der Waals surface area (Å²) in [5.41, 5.74) is 2.24. The van der Waals surface area contributed by atoms with Crippen LogP contribution in [0.15, 0.2) is 36.4 Å². The Hall–Kier alpha value is -1.81. The maximum absolute atomic E-state index is 9.01. The maximum Gasteiger partial charge on any atom is 0.0991 e. The first-order chi connectivity index (χ1) is 11.3. The van der Waals surface area contributed by atoms with Gasteiger partial charge in [-0.2, -0.15) is 5.26 Å². The van der Waals surface area contributed by atoms with E-state index in [0.717, 1.165) is 17.4 Å². The molecule has 0 bridgehead atoms. The first kappa shape index (κ1) is 16.1. The summed E-state index contributed by atoms with van der Waals surface area (Å²) in [6.45, 7) is 2.29. The molecule has 0 radical (unpaired) electrons. The van der Waals surface area contributed by atoms with Gasteiger partial charge in [-0.15, -0.1) is 0 Å². The van der Waals surface area contributed by atoms with Gasteiger partial charge in [0.2, 0.25) is 0 Å². The molecule has 120 valence electrons. The summed E-state index contributed by atoms with van der Waals surface area (Å²) in [6.07, 6.45) is 11.1. The van der Waals surface area contributed by atoms with E-state index in [1.807, 2.05) is 12.1 Å². The Balaban J connectivity index is 1.64. The average molecular weight is 305 g/mol. The van der Waals surface area contributed by atoms with Gasteiger partial charge < -0.3 is 0 Å². The third-order valence-corrected chi connectivity index (χ3v) is 5.53. The van der Waals surface area contributed by atoms with Crippen molar-refractivity contribution in [2.45, 2.75) is 64.2 Å². The Kier molecular flexibility index (Phi) is 5.34. The third-order valence-electron chi connectivity index (χ3n) is 5.53. The van der Waals surface area contributed by atoms with Crippen molar-refractivity contribution in [1.29, 1.82) is 5.26 Å². The van der Waals surface area contributed by atoms with E-state index in [4.69, 9.17) is 5.26 Å². The van der Waals surface area contributed by atoms with Gasteiger partial charge >= 0.3 is 0 Å². The minimum Gasteiger partial charge on any atom is -0.192 e. The minimum absolute atomic E-state index is 0.734. The quantitative estimate of drug-likeness (QED) is 0.573.